The van der Waals surface area contributed by atoms with Gasteiger partial charge < -0.3 is 5.73 Å². The third kappa shape index (κ3) is 12.3. The predicted molar refractivity (Wildman–Crippen MR) is 110 cm³/mol. The van der Waals surface area contributed by atoms with Crippen molar-refractivity contribution < 1.29 is 0 Å². The van der Waals surface area contributed by atoms with Crippen LogP contribution in [0.25, 0.3) is 0 Å². The Bertz CT molecular complexity index is 220. The molecule has 2 heteroatoms. The van der Waals surface area contributed by atoms with Gasteiger partial charge in [-0.25, -0.2) is 0 Å². The lowest BCUT2D eigenvalue weighted by Crippen LogP contribution is -2.47. The quantitative estimate of drug-likeness (QED) is 0.285. The van der Waals surface area contributed by atoms with Gasteiger partial charge in [-0.2, -0.15) is 0 Å². The molecular formula is C21H46ClN. The molecule has 0 spiro atoms. The third-order valence-corrected chi connectivity index (χ3v) is 5.37. The van der Waals surface area contributed by atoms with Crippen LogP contribution in [0.15, 0.2) is 0 Å². The van der Waals surface area contributed by atoms with Crippen molar-refractivity contribution in [3.05, 3.63) is 0 Å². The lowest BCUT2D eigenvalue weighted by Gasteiger charge is -2.39. The summed E-state index contributed by atoms with van der Waals surface area (Å²) in [5.74, 6) is 0.757. The summed E-state index contributed by atoms with van der Waals surface area (Å²) in [5.41, 5.74) is 7.17. The van der Waals surface area contributed by atoms with E-state index in [1.165, 1.54) is 96.3 Å². The van der Waals surface area contributed by atoms with Crippen molar-refractivity contribution in [2.24, 2.45) is 11.7 Å². The van der Waals surface area contributed by atoms with Crippen molar-refractivity contribution in [1.29, 1.82) is 0 Å². The van der Waals surface area contributed by atoms with E-state index >= 15 is 0 Å². The summed E-state index contributed by atoms with van der Waals surface area (Å²) in [6.07, 6.45) is 19.9. The van der Waals surface area contributed by atoms with Gasteiger partial charge in [0.2, 0.25) is 0 Å². The maximum Gasteiger partial charge on any atom is 0.0182 e. The summed E-state index contributed by atoms with van der Waals surface area (Å²) in [5, 5.41) is 0. The molecule has 0 aliphatic carbocycles. The number of hydrogen-bond donors (Lipinski definition) is 1. The number of nitrogens with two attached hydrogens (primary N) is 1. The Labute approximate surface area is 154 Å². The topological polar surface area (TPSA) is 26.0 Å². The summed E-state index contributed by atoms with van der Waals surface area (Å²) in [6, 6.07) is 0. The van der Waals surface area contributed by atoms with E-state index in [1.54, 1.807) is 0 Å². The highest BCUT2D eigenvalue weighted by Gasteiger charge is 2.32. The number of halogens is 1. The van der Waals surface area contributed by atoms with Crippen molar-refractivity contribution in [2.45, 2.75) is 130 Å². The van der Waals surface area contributed by atoms with E-state index in [4.69, 9.17) is 5.73 Å². The second-order valence-electron chi connectivity index (χ2n) is 7.48. The smallest absolute Gasteiger partial charge is 0.0182 e. The Morgan fingerprint density at radius 3 is 1.43 bits per heavy atom. The van der Waals surface area contributed by atoms with Crippen LogP contribution in [-0.4, -0.2) is 5.54 Å². The van der Waals surface area contributed by atoms with E-state index in [1.807, 2.05) is 0 Å². The van der Waals surface area contributed by atoms with E-state index < -0.39 is 0 Å². The average molecular weight is 348 g/mol. The Morgan fingerprint density at radius 2 is 1.00 bits per heavy atom. The fraction of sp³-hybridized carbons (Fsp3) is 1.00. The Kier molecular flexibility index (Phi) is 18.9. The molecule has 0 heterocycles. The van der Waals surface area contributed by atoms with E-state index in [0.29, 0.717) is 0 Å². The van der Waals surface area contributed by atoms with Gasteiger partial charge in [0.05, 0.1) is 0 Å². The standard InChI is InChI=1S/C21H45N.ClH/c1-5-9-13-17-20(16-12-8-4)21(22,18-14-10-6-2)19-15-11-7-3;/h20H,5-19,22H2,1-4H3;1H. The van der Waals surface area contributed by atoms with Gasteiger partial charge in [-0.1, -0.05) is 98.3 Å². The Morgan fingerprint density at radius 1 is 0.609 bits per heavy atom. The molecule has 1 unspecified atom stereocenters. The molecule has 0 aromatic heterocycles. The van der Waals surface area contributed by atoms with Gasteiger partial charge in [0.25, 0.3) is 0 Å². The van der Waals surface area contributed by atoms with Gasteiger partial charge >= 0.3 is 0 Å². The first kappa shape index (κ1) is 25.5. The van der Waals surface area contributed by atoms with Gasteiger partial charge in [-0.05, 0) is 31.6 Å². The van der Waals surface area contributed by atoms with Crippen LogP contribution in [0.3, 0.4) is 0 Å². The zero-order valence-corrected chi connectivity index (χ0v) is 17.5. The molecule has 0 saturated carbocycles. The normalized spacial score (nSPS) is 12.9. The van der Waals surface area contributed by atoms with Crippen molar-refractivity contribution >= 4 is 12.4 Å². The molecule has 142 valence electrons. The number of rotatable bonds is 16. The number of hydrogen-bond acceptors (Lipinski definition) is 1. The molecule has 0 fully saturated rings. The summed E-state index contributed by atoms with van der Waals surface area (Å²) in [6.45, 7) is 9.21. The molecular weight excluding hydrogens is 302 g/mol. The summed E-state index contributed by atoms with van der Waals surface area (Å²) < 4.78 is 0. The second-order valence-corrected chi connectivity index (χ2v) is 7.48. The zero-order valence-electron chi connectivity index (χ0n) is 16.7. The molecule has 0 rings (SSSR count). The molecule has 0 aliphatic rings. The highest BCUT2D eigenvalue weighted by Crippen LogP contribution is 2.34. The lowest BCUT2D eigenvalue weighted by molar-refractivity contribution is 0.191. The van der Waals surface area contributed by atoms with Crippen LogP contribution < -0.4 is 5.73 Å². The maximum absolute atomic E-state index is 7.05. The fourth-order valence-electron chi connectivity index (χ4n) is 3.75. The van der Waals surface area contributed by atoms with Crippen molar-refractivity contribution in [3.63, 3.8) is 0 Å². The fourth-order valence-corrected chi connectivity index (χ4v) is 3.75. The minimum Gasteiger partial charge on any atom is -0.325 e. The molecule has 1 atom stereocenters. The van der Waals surface area contributed by atoms with Crippen LogP contribution in [0.5, 0.6) is 0 Å². The van der Waals surface area contributed by atoms with E-state index in [9.17, 15) is 0 Å². The Balaban J connectivity index is 0. The monoisotopic (exact) mass is 347 g/mol. The molecule has 0 bridgehead atoms. The van der Waals surface area contributed by atoms with Gasteiger partial charge in [-0.15, -0.1) is 12.4 Å². The van der Waals surface area contributed by atoms with Gasteiger partial charge in [0, 0.05) is 5.54 Å². The molecule has 2 N–H and O–H groups in total. The molecule has 0 aliphatic heterocycles. The van der Waals surface area contributed by atoms with Crippen LogP contribution in [0, 0.1) is 5.92 Å². The zero-order chi connectivity index (χ0) is 16.7. The summed E-state index contributed by atoms with van der Waals surface area (Å²) in [4.78, 5) is 0. The van der Waals surface area contributed by atoms with Crippen LogP contribution in [0.4, 0.5) is 0 Å². The first-order valence-electron chi connectivity index (χ1n) is 10.4. The Hall–Kier alpha value is 0.250. The third-order valence-electron chi connectivity index (χ3n) is 5.37. The van der Waals surface area contributed by atoms with Crippen LogP contribution in [-0.2, 0) is 0 Å². The van der Waals surface area contributed by atoms with Crippen LogP contribution >= 0.6 is 12.4 Å². The van der Waals surface area contributed by atoms with Crippen LogP contribution in [0.2, 0.25) is 0 Å². The SMILES string of the molecule is CCCCCC(CCCC)C(N)(CCCCC)CCCCC.Cl. The first-order valence-corrected chi connectivity index (χ1v) is 10.4. The first-order chi connectivity index (χ1) is 10.6. The van der Waals surface area contributed by atoms with E-state index in [0.717, 1.165) is 5.92 Å². The number of unbranched alkanes of at least 4 members (excludes halogenated alkanes) is 7. The maximum atomic E-state index is 7.05. The molecule has 1 nitrogen and oxygen atoms in total. The average Bonchev–Trinajstić information content (AvgIpc) is 2.51. The highest BCUT2D eigenvalue weighted by molar-refractivity contribution is 5.85. The molecule has 0 radical (unpaired) electrons. The van der Waals surface area contributed by atoms with Gasteiger partial charge in [0.15, 0.2) is 0 Å². The van der Waals surface area contributed by atoms with Crippen molar-refractivity contribution in [1.82, 2.24) is 0 Å². The molecule has 0 aromatic carbocycles. The molecule has 0 saturated heterocycles. The predicted octanol–water partition coefficient (Wildman–Crippen LogP) is 7.65. The molecule has 0 amide bonds. The van der Waals surface area contributed by atoms with E-state index in [2.05, 4.69) is 27.7 Å². The van der Waals surface area contributed by atoms with Crippen molar-refractivity contribution in [2.75, 3.05) is 0 Å². The van der Waals surface area contributed by atoms with Crippen molar-refractivity contribution in [3.8, 4) is 0 Å². The molecule has 23 heavy (non-hydrogen) atoms. The second kappa shape index (κ2) is 17.1. The lowest BCUT2D eigenvalue weighted by atomic mass is 9.72. The highest BCUT2D eigenvalue weighted by atomic mass is 35.5. The van der Waals surface area contributed by atoms with Gasteiger partial charge in [0.1, 0.15) is 0 Å². The largest absolute Gasteiger partial charge is 0.325 e. The van der Waals surface area contributed by atoms with Crippen LogP contribution in [0.1, 0.15) is 124 Å². The minimum absolute atomic E-state index is 0. The summed E-state index contributed by atoms with van der Waals surface area (Å²) in [7, 11) is 0. The summed E-state index contributed by atoms with van der Waals surface area (Å²) >= 11 is 0. The molecule has 0 aromatic rings. The van der Waals surface area contributed by atoms with Gasteiger partial charge in [-0.3, -0.25) is 0 Å². The minimum atomic E-state index is 0. The van der Waals surface area contributed by atoms with E-state index in [-0.39, 0.29) is 17.9 Å².